The SMILES string of the molecule is Cc1c(F)cccc1-c1cc(Cl)ccc1CN. The third-order valence-corrected chi connectivity index (χ3v) is 3.08. The summed E-state index contributed by atoms with van der Waals surface area (Å²) in [7, 11) is 0. The molecule has 0 radical (unpaired) electrons. The summed E-state index contributed by atoms with van der Waals surface area (Å²) < 4.78 is 13.5. The summed E-state index contributed by atoms with van der Waals surface area (Å²) in [6.07, 6.45) is 0. The topological polar surface area (TPSA) is 26.0 Å². The predicted octanol–water partition coefficient (Wildman–Crippen LogP) is 3.91. The molecule has 2 aromatic carbocycles. The normalized spacial score (nSPS) is 10.6. The molecule has 0 aliphatic carbocycles. The van der Waals surface area contributed by atoms with Crippen LogP contribution in [0.15, 0.2) is 36.4 Å². The quantitative estimate of drug-likeness (QED) is 0.858. The maximum Gasteiger partial charge on any atom is 0.126 e. The van der Waals surface area contributed by atoms with Gasteiger partial charge >= 0.3 is 0 Å². The van der Waals surface area contributed by atoms with Crippen molar-refractivity contribution in [3.63, 3.8) is 0 Å². The van der Waals surface area contributed by atoms with Crippen LogP contribution in [0.4, 0.5) is 4.39 Å². The first-order valence-corrected chi connectivity index (χ1v) is 5.75. The summed E-state index contributed by atoms with van der Waals surface area (Å²) in [5.74, 6) is -0.217. The summed E-state index contributed by atoms with van der Waals surface area (Å²) in [6.45, 7) is 2.16. The summed E-state index contributed by atoms with van der Waals surface area (Å²) in [5.41, 5.74) is 9.01. The second-order valence-corrected chi connectivity index (χ2v) is 4.35. The van der Waals surface area contributed by atoms with Crippen LogP contribution in [0, 0.1) is 12.7 Å². The van der Waals surface area contributed by atoms with E-state index >= 15 is 0 Å². The molecule has 0 spiro atoms. The lowest BCUT2D eigenvalue weighted by atomic mass is 9.96. The summed E-state index contributed by atoms with van der Waals surface area (Å²) in [5, 5.41) is 0.626. The Balaban J connectivity index is 2.67. The summed E-state index contributed by atoms with van der Waals surface area (Å²) >= 11 is 5.98. The number of hydrogen-bond donors (Lipinski definition) is 1. The van der Waals surface area contributed by atoms with Crippen LogP contribution in [-0.4, -0.2) is 0 Å². The highest BCUT2D eigenvalue weighted by Gasteiger charge is 2.09. The Bertz CT molecular complexity index is 552. The first kappa shape index (κ1) is 12.1. The molecule has 17 heavy (non-hydrogen) atoms. The molecule has 0 atom stereocenters. The van der Waals surface area contributed by atoms with E-state index in [4.69, 9.17) is 17.3 Å². The Morgan fingerprint density at radius 1 is 1.18 bits per heavy atom. The predicted molar refractivity (Wildman–Crippen MR) is 69.5 cm³/mol. The zero-order valence-electron chi connectivity index (χ0n) is 9.50. The first-order chi connectivity index (χ1) is 8.13. The second kappa shape index (κ2) is 4.86. The molecule has 2 rings (SSSR count). The van der Waals surface area contributed by atoms with E-state index in [0.717, 1.165) is 16.7 Å². The van der Waals surface area contributed by atoms with Crippen LogP contribution in [0.3, 0.4) is 0 Å². The third kappa shape index (κ3) is 2.33. The van der Waals surface area contributed by atoms with Crippen LogP contribution in [0.1, 0.15) is 11.1 Å². The fourth-order valence-electron chi connectivity index (χ4n) is 1.88. The van der Waals surface area contributed by atoms with E-state index < -0.39 is 0 Å². The van der Waals surface area contributed by atoms with E-state index in [1.807, 2.05) is 18.2 Å². The number of nitrogens with two attached hydrogens (primary N) is 1. The highest BCUT2D eigenvalue weighted by atomic mass is 35.5. The standard InChI is InChI=1S/C14H13ClFN/c1-9-12(3-2-4-14(9)16)13-7-11(15)6-5-10(13)8-17/h2-7H,8,17H2,1H3. The molecule has 1 nitrogen and oxygen atoms in total. The van der Waals surface area contributed by atoms with Gasteiger partial charge in [-0.25, -0.2) is 4.39 Å². The van der Waals surface area contributed by atoms with Gasteiger partial charge in [0.15, 0.2) is 0 Å². The van der Waals surface area contributed by atoms with E-state index in [0.29, 0.717) is 17.1 Å². The molecular formula is C14H13ClFN. The second-order valence-electron chi connectivity index (χ2n) is 3.92. The summed E-state index contributed by atoms with van der Waals surface area (Å²) in [6, 6.07) is 10.5. The van der Waals surface area contributed by atoms with E-state index in [9.17, 15) is 4.39 Å². The Morgan fingerprint density at radius 2 is 1.94 bits per heavy atom. The number of benzene rings is 2. The van der Waals surface area contributed by atoms with E-state index in [1.54, 1.807) is 19.1 Å². The van der Waals surface area contributed by atoms with Crippen molar-refractivity contribution >= 4 is 11.6 Å². The van der Waals surface area contributed by atoms with Gasteiger partial charge in [0.1, 0.15) is 5.82 Å². The summed E-state index contributed by atoms with van der Waals surface area (Å²) in [4.78, 5) is 0. The van der Waals surface area contributed by atoms with Crippen molar-refractivity contribution in [3.8, 4) is 11.1 Å². The van der Waals surface area contributed by atoms with Gasteiger partial charge in [0, 0.05) is 11.6 Å². The smallest absolute Gasteiger partial charge is 0.126 e. The lowest BCUT2D eigenvalue weighted by molar-refractivity contribution is 0.619. The molecule has 0 saturated heterocycles. The number of hydrogen-bond acceptors (Lipinski definition) is 1. The Labute approximate surface area is 105 Å². The van der Waals surface area contributed by atoms with E-state index in [-0.39, 0.29) is 5.82 Å². The zero-order chi connectivity index (χ0) is 12.4. The van der Waals surface area contributed by atoms with Crippen molar-refractivity contribution in [1.29, 1.82) is 0 Å². The lowest BCUT2D eigenvalue weighted by Gasteiger charge is -2.11. The molecule has 0 fully saturated rings. The van der Waals surface area contributed by atoms with Crippen LogP contribution in [0.2, 0.25) is 5.02 Å². The van der Waals surface area contributed by atoms with Crippen molar-refractivity contribution in [2.24, 2.45) is 5.73 Å². The van der Waals surface area contributed by atoms with Crippen LogP contribution in [0.25, 0.3) is 11.1 Å². The van der Waals surface area contributed by atoms with Gasteiger partial charge in [0.25, 0.3) is 0 Å². The maximum absolute atomic E-state index is 13.5. The van der Waals surface area contributed by atoms with Crippen LogP contribution in [-0.2, 0) is 6.54 Å². The zero-order valence-corrected chi connectivity index (χ0v) is 10.3. The first-order valence-electron chi connectivity index (χ1n) is 5.37. The van der Waals surface area contributed by atoms with Crippen molar-refractivity contribution in [1.82, 2.24) is 0 Å². The fourth-order valence-corrected chi connectivity index (χ4v) is 2.05. The molecule has 0 aliphatic rings. The third-order valence-electron chi connectivity index (χ3n) is 2.85. The molecule has 0 aromatic heterocycles. The fraction of sp³-hybridized carbons (Fsp3) is 0.143. The van der Waals surface area contributed by atoms with Gasteiger partial charge in [-0.15, -0.1) is 0 Å². The van der Waals surface area contributed by atoms with Crippen molar-refractivity contribution in [2.45, 2.75) is 13.5 Å². The average Bonchev–Trinajstić information content (AvgIpc) is 2.33. The van der Waals surface area contributed by atoms with Gasteiger partial charge in [-0.05, 0) is 47.4 Å². The minimum Gasteiger partial charge on any atom is -0.326 e. The lowest BCUT2D eigenvalue weighted by Crippen LogP contribution is -2.00. The number of rotatable bonds is 2. The van der Waals surface area contributed by atoms with Crippen LogP contribution < -0.4 is 5.73 Å². The van der Waals surface area contributed by atoms with Gasteiger partial charge in [-0.1, -0.05) is 29.8 Å². The van der Waals surface area contributed by atoms with Crippen molar-refractivity contribution in [2.75, 3.05) is 0 Å². The van der Waals surface area contributed by atoms with Gasteiger partial charge in [-0.2, -0.15) is 0 Å². The Hall–Kier alpha value is -1.38. The highest BCUT2D eigenvalue weighted by Crippen LogP contribution is 2.30. The molecule has 88 valence electrons. The molecule has 2 aromatic rings. The van der Waals surface area contributed by atoms with Gasteiger partial charge in [0.2, 0.25) is 0 Å². The largest absolute Gasteiger partial charge is 0.326 e. The Morgan fingerprint density at radius 3 is 2.65 bits per heavy atom. The molecule has 0 saturated carbocycles. The maximum atomic E-state index is 13.5. The molecule has 0 unspecified atom stereocenters. The monoisotopic (exact) mass is 249 g/mol. The molecule has 0 bridgehead atoms. The van der Waals surface area contributed by atoms with Gasteiger partial charge in [-0.3, -0.25) is 0 Å². The van der Waals surface area contributed by atoms with E-state index in [1.165, 1.54) is 6.07 Å². The molecule has 2 N–H and O–H groups in total. The minimum atomic E-state index is -0.217. The Kier molecular flexibility index (Phi) is 3.46. The van der Waals surface area contributed by atoms with E-state index in [2.05, 4.69) is 0 Å². The van der Waals surface area contributed by atoms with Gasteiger partial charge in [0.05, 0.1) is 0 Å². The van der Waals surface area contributed by atoms with Crippen molar-refractivity contribution < 1.29 is 4.39 Å². The van der Waals surface area contributed by atoms with Crippen molar-refractivity contribution in [3.05, 3.63) is 58.4 Å². The van der Waals surface area contributed by atoms with Crippen LogP contribution >= 0.6 is 11.6 Å². The molecule has 3 heteroatoms. The minimum absolute atomic E-state index is 0.217. The number of halogens is 2. The molecule has 0 heterocycles. The highest BCUT2D eigenvalue weighted by molar-refractivity contribution is 6.30. The molecule has 0 amide bonds. The molecule has 0 aliphatic heterocycles. The van der Waals surface area contributed by atoms with Gasteiger partial charge < -0.3 is 5.73 Å². The molecular weight excluding hydrogens is 237 g/mol. The average molecular weight is 250 g/mol. The van der Waals surface area contributed by atoms with Crippen LogP contribution in [0.5, 0.6) is 0 Å².